The third-order valence-electron chi connectivity index (χ3n) is 9.91. The van der Waals surface area contributed by atoms with Crippen molar-refractivity contribution in [1.29, 1.82) is 0 Å². The Kier molecular flexibility index (Phi) is 13.2. The molecule has 13 atom stereocenters. The van der Waals surface area contributed by atoms with Crippen LogP contribution in [0.2, 0.25) is 0 Å². The Hall–Kier alpha value is -1.43. The number of hydrogen-bond donors (Lipinski definition) is 2. The quantitative estimate of drug-likeness (QED) is 0.255. The van der Waals surface area contributed by atoms with Gasteiger partial charge in [0.2, 0.25) is 0 Å². The summed E-state index contributed by atoms with van der Waals surface area (Å²) >= 11 is 0. The first-order chi connectivity index (χ1) is 19.4. The molecule has 244 valence electrons. The van der Waals surface area contributed by atoms with Crippen molar-refractivity contribution in [2.24, 2.45) is 29.6 Å². The van der Waals surface area contributed by atoms with Crippen LogP contribution in [0.5, 0.6) is 0 Å². The highest BCUT2D eigenvalue weighted by atomic mass is 16.7. The molecule has 0 saturated carbocycles. The molecule has 42 heavy (non-hydrogen) atoms. The van der Waals surface area contributed by atoms with E-state index < -0.39 is 65.3 Å². The zero-order valence-electron chi connectivity index (χ0n) is 27.7. The Morgan fingerprint density at radius 3 is 2.24 bits per heavy atom. The summed E-state index contributed by atoms with van der Waals surface area (Å²) < 4.78 is 24.6. The molecule has 10 heteroatoms. The molecule has 0 aromatic heterocycles. The number of Topliss-reactive ketones (excluding diaryl/α,β-unsaturated/α-hetero) is 1. The number of cyclic esters (lactones) is 1. The number of methoxy groups -OCH3 is 1. The molecule has 0 amide bonds. The van der Waals surface area contributed by atoms with Crippen molar-refractivity contribution in [2.45, 2.75) is 135 Å². The monoisotopic (exact) mass is 599 g/mol. The van der Waals surface area contributed by atoms with Crippen LogP contribution in [0, 0.1) is 29.6 Å². The molecule has 10 nitrogen and oxygen atoms in total. The number of carbonyl (C=O) groups excluding carboxylic acids is 3. The Bertz CT molecular complexity index is 910. The van der Waals surface area contributed by atoms with Crippen LogP contribution in [0.15, 0.2) is 0 Å². The number of likely N-dealkylation sites (N-methyl/N-ethyl adjacent to an activating group) is 1. The molecular weight excluding hydrogens is 542 g/mol. The van der Waals surface area contributed by atoms with E-state index >= 15 is 0 Å². The van der Waals surface area contributed by atoms with E-state index in [0.29, 0.717) is 25.7 Å². The first kappa shape index (κ1) is 36.8. The lowest BCUT2D eigenvalue weighted by molar-refractivity contribution is -0.295. The summed E-state index contributed by atoms with van der Waals surface area (Å²) in [6, 6.07) is -0.209. The van der Waals surface area contributed by atoms with Gasteiger partial charge in [-0.25, -0.2) is 0 Å². The first-order valence-electron chi connectivity index (χ1n) is 15.6. The highest BCUT2D eigenvalue weighted by Gasteiger charge is 2.50. The number of nitrogens with zero attached hydrogens (tertiary/aromatic N) is 1. The Morgan fingerprint density at radius 1 is 1.10 bits per heavy atom. The maximum atomic E-state index is 13.9. The van der Waals surface area contributed by atoms with Crippen molar-refractivity contribution in [3.8, 4) is 0 Å². The standard InChI is InChI=1S/C32H57NO9/c1-12-25-32(8,38)23(13-14-34)19(3)15-18(2)17-31(7,39-11)28(21(5)26(35)22(6)29(37)41-25)42-30-27(36)24(33(9)10)16-20(4)40-30/h14,18-25,27-28,30,36,38H,12-13,15-17H2,1-11H3/t18-,19?,20+,21+,22?,23-,24-,25+,27+,28+,30-,31+,32-/m0/s1. The predicted molar refractivity (Wildman–Crippen MR) is 159 cm³/mol. The second-order valence-corrected chi connectivity index (χ2v) is 13.6. The molecule has 0 aromatic carbocycles. The third kappa shape index (κ3) is 8.18. The molecule has 2 heterocycles. The van der Waals surface area contributed by atoms with Gasteiger partial charge in [-0.3, -0.25) is 9.59 Å². The van der Waals surface area contributed by atoms with Gasteiger partial charge in [0.25, 0.3) is 0 Å². The second kappa shape index (κ2) is 15.0. The van der Waals surface area contributed by atoms with Crippen LogP contribution in [0.1, 0.15) is 87.5 Å². The zero-order chi connectivity index (χ0) is 32.2. The topological polar surface area (TPSA) is 132 Å². The maximum absolute atomic E-state index is 13.9. The molecule has 0 aliphatic carbocycles. The SMILES string of the molecule is CC[C@H]1OC(=O)C(C)C(=O)[C@@H](C)[C@@H](O[C@@H]2O[C@H](C)C[C@H](N(C)C)[C@H]2O)[C@](C)(OC)C[C@@H](C)CC(C)[C@H](CC=O)[C@]1(C)O. The van der Waals surface area contributed by atoms with Crippen LogP contribution in [0.3, 0.4) is 0 Å². The van der Waals surface area contributed by atoms with Gasteiger partial charge in [0.1, 0.15) is 30.0 Å². The maximum Gasteiger partial charge on any atom is 0.316 e. The summed E-state index contributed by atoms with van der Waals surface area (Å²) in [6.07, 6.45) is -0.953. The predicted octanol–water partition coefficient (Wildman–Crippen LogP) is 3.39. The van der Waals surface area contributed by atoms with Crippen molar-refractivity contribution in [3.05, 3.63) is 0 Å². The van der Waals surface area contributed by atoms with E-state index in [1.165, 1.54) is 6.92 Å². The van der Waals surface area contributed by atoms with Gasteiger partial charge in [-0.15, -0.1) is 0 Å². The second-order valence-electron chi connectivity index (χ2n) is 13.6. The Balaban J connectivity index is 2.59. The lowest BCUT2D eigenvalue weighted by Crippen LogP contribution is -2.59. The van der Waals surface area contributed by atoms with Crippen LogP contribution in [0.25, 0.3) is 0 Å². The molecule has 0 bridgehead atoms. The number of ether oxygens (including phenoxy) is 4. The van der Waals surface area contributed by atoms with Gasteiger partial charge in [-0.1, -0.05) is 27.7 Å². The van der Waals surface area contributed by atoms with E-state index in [1.807, 2.05) is 39.8 Å². The lowest BCUT2D eigenvalue weighted by Gasteiger charge is -2.47. The highest BCUT2D eigenvalue weighted by Crippen LogP contribution is 2.41. The molecule has 0 aromatic rings. The average Bonchev–Trinajstić information content (AvgIpc) is 2.92. The van der Waals surface area contributed by atoms with Crippen molar-refractivity contribution in [1.82, 2.24) is 4.90 Å². The van der Waals surface area contributed by atoms with Crippen molar-refractivity contribution in [3.63, 3.8) is 0 Å². The van der Waals surface area contributed by atoms with Crippen LogP contribution in [0.4, 0.5) is 0 Å². The summed E-state index contributed by atoms with van der Waals surface area (Å²) in [7, 11) is 5.36. The Morgan fingerprint density at radius 2 is 1.71 bits per heavy atom. The normalized spacial score (nSPS) is 44.9. The molecule has 0 radical (unpaired) electrons. The molecule has 2 saturated heterocycles. The molecule has 2 unspecified atom stereocenters. The van der Waals surface area contributed by atoms with Crippen LogP contribution in [-0.2, 0) is 33.3 Å². The Labute approximate surface area is 252 Å². The van der Waals surface area contributed by atoms with Crippen molar-refractivity contribution < 1.29 is 43.5 Å². The summed E-state index contributed by atoms with van der Waals surface area (Å²) in [5, 5.41) is 22.9. The lowest BCUT2D eigenvalue weighted by atomic mass is 9.70. The fraction of sp³-hybridized carbons (Fsp3) is 0.906. The number of aliphatic hydroxyl groups excluding tert-OH is 1. The minimum absolute atomic E-state index is 0.0388. The number of aliphatic hydroxyl groups is 2. The molecule has 0 spiro atoms. The number of esters is 1. The molecule has 2 aliphatic rings. The summed E-state index contributed by atoms with van der Waals surface area (Å²) in [6.45, 7) is 14.5. The smallest absolute Gasteiger partial charge is 0.316 e. The summed E-state index contributed by atoms with van der Waals surface area (Å²) in [5.74, 6) is -3.64. The van der Waals surface area contributed by atoms with Gasteiger partial charge in [-0.2, -0.15) is 0 Å². The van der Waals surface area contributed by atoms with Crippen LogP contribution < -0.4 is 0 Å². The van der Waals surface area contributed by atoms with E-state index in [-0.39, 0.29) is 30.4 Å². The number of hydrogen-bond acceptors (Lipinski definition) is 10. The van der Waals surface area contributed by atoms with Gasteiger partial charge < -0.3 is 38.9 Å². The number of ketones is 1. The summed E-state index contributed by atoms with van der Waals surface area (Å²) in [5.41, 5.74) is -2.48. The third-order valence-corrected chi connectivity index (χ3v) is 9.91. The minimum atomic E-state index is -1.48. The van der Waals surface area contributed by atoms with Crippen LogP contribution >= 0.6 is 0 Å². The van der Waals surface area contributed by atoms with E-state index in [0.717, 1.165) is 6.29 Å². The number of aldehydes is 1. The van der Waals surface area contributed by atoms with Crippen LogP contribution in [-0.4, -0.2) is 102 Å². The largest absolute Gasteiger partial charge is 0.459 e. The minimum Gasteiger partial charge on any atom is -0.459 e. The number of carbonyl (C=O) groups is 3. The molecule has 2 N–H and O–H groups in total. The van der Waals surface area contributed by atoms with Crippen molar-refractivity contribution in [2.75, 3.05) is 21.2 Å². The zero-order valence-corrected chi connectivity index (χ0v) is 27.7. The van der Waals surface area contributed by atoms with Gasteiger partial charge in [0.15, 0.2) is 12.1 Å². The van der Waals surface area contributed by atoms with E-state index in [1.54, 1.807) is 27.9 Å². The average molecular weight is 600 g/mol. The van der Waals surface area contributed by atoms with Gasteiger partial charge in [0.05, 0.1) is 17.8 Å². The highest BCUT2D eigenvalue weighted by molar-refractivity contribution is 6.00. The van der Waals surface area contributed by atoms with Gasteiger partial charge in [0, 0.05) is 31.4 Å². The van der Waals surface area contributed by atoms with E-state index in [4.69, 9.17) is 18.9 Å². The first-order valence-corrected chi connectivity index (χ1v) is 15.6. The van der Waals surface area contributed by atoms with Gasteiger partial charge >= 0.3 is 5.97 Å². The van der Waals surface area contributed by atoms with E-state index in [9.17, 15) is 24.6 Å². The van der Waals surface area contributed by atoms with E-state index in [2.05, 4.69) is 6.92 Å². The van der Waals surface area contributed by atoms with Gasteiger partial charge in [-0.05, 0) is 79.3 Å². The summed E-state index contributed by atoms with van der Waals surface area (Å²) in [4.78, 5) is 40.9. The molecule has 2 aliphatic heterocycles. The molecule has 2 rings (SSSR count). The fourth-order valence-electron chi connectivity index (χ4n) is 7.39. The number of rotatable bonds is 7. The van der Waals surface area contributed by atoms with Crippen molar-refractivity contribution >= 4 is 18.0 Å². The molecule has 2 fully saturated rings. The molecular formula is C32H57NO9. The fourth-order valence-corrected chi connectivity index (χ4v) is 7.39.